The van der Waals surface area contributed by atoms with Crippen molar-refractivity contribution < 1.29 is 28.2 Å². The molecule has 0 fully saturated rings. The molecule has 0 bridgehead atoms. The van der Waals surface area contributed by atoms with Gasteiger partial charge in [0.25, 0.3) is 0 Å². The van der Waals surface area contributed by atoms with Crippen molar-refractivity contribution in [2.45, 2.75) is 26.1 Å². The molecule has 100 valence electrons. The van der Waals surface area contributed by atoms with Gasteiger partial charge in [-0.05, 0) is 30.5 Å². The van der Waals surface area contributed by atoms with Gasteiger partial charge in [0.05, 0.1) is 0 Å². The van der Waals surface area contributed by atoms with Crippen molar-refractivity contribution in [3.8, 4) is 0 Å². The molecule has 0 saturated carbocycles. The quantitative estimate of drug-likeness (QED) is 0.768. The van der Waals surface area contributed by atoms with E-state index >= 15 is 0 Å². The summed E-state index contributed by atoms with van der Waals surface area (Å²) in [6.07, 6.45) is -8.63. The van der Waals surface area contributed by atoms with Crippen molar-refractivity contribution in [3.63, 3.8) is 0 Å². The van der Waals surface area contributed by atoms with Crippen LogP contribution in [0.3, 0.4) is 0 Å². The lowest BCUT2D eigenvalue weighted by Gasteiger charge is -2.18. The third-order valence-corrected chi connectivity index (χ3v) is 2.41. The van der Waals surface area contributed by atoms with Crippen molar-refractivity contribution in [2.24, 2.45) is 0 Å². The summed E-state index contributed by atoms with van der Waals surface area (Å²) in [6, 6.07) is 2.22. The van der Waals surface area contributed by atoms with E-state index in [1.54, 1.807) is 0 Å². The molecule has 0 heterocycles. The van der Waals surface area contributed by atoms with E-state index in [2.05, 4.69) is 5.32 Å². The number of aryl methyl sites for hydroxylation is 2. The zero-order valence-corrected chi connectivity index (χ0v) is 9.67. The normalized spacial score (nSPS) is 13.2. The Morgan fingerprint density at radius 3 is 2.06 bits per heavy atom. The van der Waals surface area contributed by atoms with Gasteiger partial charge in [-0.15, -0.1) is 0 Å². The maximum absolute atomic E-state index is 12.3. The number of hydrogen-bond donors (Lipinski definition) is 3. The number of aliphatic hydroxyl groups is 1. The number of carbonyl (C=O) groups is 1. The smallest absolute Gasteiger partial charge is 0.418 e. The predicted octanol–water partition coefficient (Wildman–Crippen LogP) is 2.99. The highest BCUT2D eigenvalue weighted by Gasteiger charge is 2.39. The molecule has 0 radical (unpaired) electrons. The van der Waals surface area contributed by atoms with Gasteiger partial charge < -0.3 is 10.2 Å². The number of nitrogens with one attached hydrogen (secondary N) is 1. The molecule has 1 amide bonds. The van der Waals surface area contributed by atoms with Crippen molar-refractivity contribution >= 4 is 11.8 Å². The summed E-state index contributed by atoms with van der Waals surface area (Å²) in [6.45, 7) is 2.93. The molecule has 7 heteroatoms. The number of alkyl halides is 3. The van der Waals surface area contributed by atoms with Gasteiger partial charge >= 0.3 is 12.3 Å². The van der Waals surface area contributed by atoms with Crippen LogP contribution in [-0.2, 0) is 0 Å². The molecule has 4 nitrogen and oxygen atoms in total. The highest BCUT2D eigenvalue weighted by Crippen LogP contribution is 2.35. The summed E-state index contributed by atoms with van der Waals surface area (Å²) >= 11 is 0. The van der Waals surface area contributed by atoms with Gasteiger partial charge in [0.1, 0.15) is 0 Å². The number of halogens is 3. The van der Waals surface area contributed by atoms with Crippen LogP contribution >= 0.6 is 0 Å². The maximum Gasteiger partial charge on any atom is 0.418 e. The second kappa shape index (κ2) is 4.85. The summed E-state index contributed by atoms with van der Waals surface area (Å²) < 4.78 is 37.0. The van der Waals surface area contributed by atoms with Crippen LogP contribution in [0.2, 0.25) is 0 Å². The second-order valence-corrected chi connectivity index (χ2v) is 3.90. The molecule has 18 heavy (non-hydrogen) atoms. The predicted molar refractivity (Wildman–Crippen MR) is 58.6 cm³/mol. The highest BCUT2D eigenvalue weighted by atomic mass is 19.4. The van der Waals surface area contributed by atoms with E-state index in [0.29, 0.717) is 11.1 Å². The summed E-state index contributed by atoms with van der Waals surface area (Å²) in [5.41, 5.74) is 0.542. The molecular formula is C11H12F3NO3. The standard InChI is InChI=1S/C11H12F3NO3/c1-5-3-7(9(16)11(12,13)14)4-6(2)8(5)15-10(17)18/h3-4,9,15-16H,1-2H3,(H,17,18). The molecule has 0 aromatic heterocycles. The Morgan fingerprint density at radius 1 is 1.28 bits per heavy atom. The third-order valence-electron chi connectivity index (χ3n) is 2.41. The van der Waals surface area contributed by atoms with Crippen LogP contribution in [0, 0.1) is 13.8 Å². The molecule has 0 spiro atoms. The van der Waals surface area contributed by atoms with E-state index in [-0.39, 0.29) is 11.3 Å². The van der Waals surface area contributed by atoms with Crippen LogP contribution in [0.15, 0.2) is 12.1 Å². The van der Waals surface area contributed by atoms with Gasteiger partial charge in [-0.3, -0.25) is 5.32 Å². The average Bonchev–Trinajstić information content (AvgIpc) is 2.20. The van der Waals surface area contributed by atoms with Crippen molar-refractivity contribution in [1.29, 1.82) is 0 Å². The zero-order valence-electron chi connectivity index (χ0n) is 9.67. The number of aliphatic hydroxyl groups excluding tert-OH is 1. The fourth-order valence-electron chi connectivity index (χ4n) is 1.65. The van der Waals surface area contributed by atoms with Crippen LogP contribution in [0.4, 0.5) is 23.7 Å². The fraction of sp³-hybridized carbons (Fsp3) is 0.364. The molecule has 0 aliphatic carbocycles. The molecule has 0 aliphatic heterocycles. The Morgan fingerprint density at radius 2 is 1.72 bits per heavy atom. The van der Waals surface area contributed by atoms with Crippen LogP contribution in [-0.4, -0.2) is 22.5 Å². The molecule has 3 N–H and O–H groups in total. The largest absolute Gasteiger partial charge is 0.465 e. The third kappa shape index (κ3) is 3.13. The lowest BCUT2D eigenvalue weighted by molar-refractivity contribution is -0.206. The molecule has 0 aliphatic rings. The van der Waals surface area contributed by atoms with E-state index in [4.69, 9.17) is 10.2 Å². The fourth-order valence-corrected chi connectivity index (χ4v) is 1.65. The number of hydrogen-bond acceptors (Lipinski definition) is 2. The SMILES string of the molecule is Cc1cc(C(O)C(F)(F)F)cc(C)c1NC(=O)O. The summed E-state index contributed by atoms with van der Waals surface area (Å²) in [7, 11) is 0. The number of anilines is 1. The lowest BCUT2D eigenvalue weighted by atomic mass is 10.0. The van der Waals surface area contributed by atoms with Gasteiger partial charge in [0.15, 0.2) is 6.10 Å². The van der Waals surface area contributed by atoms with E-state index < -0.39 is 18.4 Å². The van der Waals surface area contributed by atoms with E-state index in [0.717, 1.165) is 12.1 Å². The van der Waals surface area contributed by atoms with Crippen LogP contribution in [0.25, 0.3) is 0 Å². The topological polar surface area (TPSA) is 69.6 Å². The molecular weight excluding hydrogens is 251 g/mol. The molecule has 1 rings (SSSR count). The molecule has 1 aromatic carbocycles. The Balaban J connectivity index is 3.18. The summed E-state index contributed by atoms with van der Waals surface area (Å²) in [5.74, 6) is 0. The Hall–Kier alpha value is -1.76. The molecule has 0 saturated heterocycles. The van der Waals surface area contributed by atoms with Crippen LogP contribution < -0.4 is 5.32 Å². The number of rotatable bonds is 2. The minimum Gasteiger partial charge on any atom is -0.465 e. The van der Waals surface area contributed by atoms with Gasteiger partial charge in [-0.25, -0.2) is 4.79 Å². The zero-order chi connectivity index (χ0) is 14.1. The van der Waals surface area contributed by atoms with E-state index in [9.17, 15) is 18.0 Å². The first-order valence-corrected chi connectivity index (χ1v) is 4.98. The Bertz CT molecular complexity index is 448. The van der Waals surface area contributed by atoms with Crippen LogP contribution in [0.5, 0.6) is 0 Å². The molecule has 1 aromatic rings. The van der Waals surface area contributed by atoms with Crippen molar-refractivity contribution in [3.05, 3.63) is 28.8 Å². The second-order valence-electron chi connectivity index (χ2n) is 3.90. The summed E-state index contributed by atoms with van der Waals surface area (Å²) in [4.78, 5) is 10.5. The van der Waals surface area contributed by atoms with E-state index in [1.165, 1.54) is 13.8 Å². The monoisotopic (exact) mass is 263 g/mol. The lowest BCUT2D eigenvalue weighted by Crippen LogP contribution is -2.20. The van der Waals surface area contributed by atoms with Gasteiger partial charge in [-0.2, -0.15) is 13.2 Å². The Kier molecular flexibility index (Phi) is 3.85. The van der Waals surface area contributed by atoms with E-state index in [1.807, 2.05) is 0 Å². The highest BCUT2D eigenvalue weighted by molar-refractivity contribution is 5.85. The number of benzene rings is 1. The minimum atomic E-state index is -4.75. The number of carboxylic acid groups (broad SMARTS) is 1. The van der Waals surface area contributed by atoms with Crippen molar-refractivity contribution in [2.75, 3.05) is 5.32 Å². The van der Waals surface area contributed by atoms with Gasteiger partial charge in [0, 0.05) is 5.69 Å². The van der Waals surface area contributed by atoms with Gasteiger partial charge in [0.2, 0.25) is 0 Å². The van der Waals surface area contributed by atoms with Gasteiger partial charge in [-0.1, -0.05) is 12.1 Å². The average molecular weight is 263 g/mol. The first kappa shape index (κ1) is 14.3. The molecule has 1 atom stereocenters. The maximum atomic E-state index is 12.3. The summed E-state index contributed by atoms with van der Waals surface area (Å²) in [5, 5.41) is 19.8. The Labute approximate surface area is 101 Å². The molecule has 1 unspecified atom stereocenters. The van der Waals surface area contributed by atoms with Crippen LogP contribution in [0.1, 0.15) is 22.8 Å². The first-order chi connectivity index (χ1) is 8.12. The minimum absolute atomic E-state index is 0.223. The number of amides is 1. The first-order valence-electron chi connectivity index (χ1n) is 4.98. The van der Waals surface area contributed by atoms with Crippen molar-refractivity contribution in [1.82, 2.24) is 0 Å².